The van der Waals surface area contributed by atoms with E-state index in [1.165, 1.54) is 12.1 Å². The second-order valence-electron chi connectivity index (χ2n) is 6.99. The molecule has 0 bridgehead atoms. The average molecular weight is 454 g/mol. The van der Waals surface area contributed by atoms with Gasteiger partial charge in [0.15, 0.2) is 0 Å². The second kappa shape index (κ2) is 7.25. The van der Waals surface area contributed by atoms with Gasteiger partial charge in [-0.25, -0.2) is 17.2 Å². The lowest BCUT2D eigenvalue weighted by atomic mass is 10.1. The Morgan fingerprint density at radius 2 is 1.97 bits per heavy atom. The number of nitrogens with zero attached hydrogens (tertiary/aromatic N) is 1. The van der Waals surface area contributed by atoms with E-state index in [-0.39, 0.29) is 9.90 Å². The molecule has 2 aromatic heterocycles. The summed E-state index contributed by atoms with van der Waals surface area (Å²) in [5, 5.41) is 13.4. The molecule has 158 valence electrons. The number of aromatic nitrogens is 1. The van der Waals surface area contributed by atoms with Crippen LogP contribution >= 0.6 is 11.3 Å². The minimum atomic E-state index is -4.19. The smallest absolute Gasteiger partial charge is 0.325 e. The molecular weight excluding hydrogens is 438 g/mol. The summed E-state index contributed by atoms with van der Waals surface area (Å²) in [4.78, 5) is 12.4. The van der Waals surface area contributed by atoms with Crippen LogP contribution in [-0.2, 0) is 14.8 Å². The van der Waals surface area contributed by atoms with E-state index < -0.39 is 45.6 Å². The molecule has 3 atom stereocenters. The number of benzene rings is 1. The van der Waals surface area contributed by atoms with E-state index in [0.717, 1.165) is 23.0 Å². The Labute approximate surface area is 174 Å². The van der Waals surface area contributed by atoms with E-state index in [2.05, 4.69) is 14.4 Å². The number of hydrogen-bond donors (Lipinski definition) is 2. The van der Waals surface area contributed by atoms with Crippen molar-refractivity contribution in [3.8, 4) is 10.6 Å². The van der Waals surface area contributed by atoms with E-state index in [1.54, 1.807) is 37.3 Å². The molecule has 1 aliphatic rings. The van der Waals surface area contributed by atoms with E-state index >= 15 is 0 Å². The molecule has 1 aromatic carbocycles. The molecule has 30 heavy (non-hydrogen) atoms. The first kappa shape index (κ1) is 20.6. The Morgan fingerprint density at radius 1 is 1.27 bits per heavy atom. The molecule has 3 aromatic rings. The molecule has 7 nitrogen and oxygen atoms in total. The first-order valence-corrected chi connectivity index (χ1v) is 11.1. The minimum absolute atomic E-state index is 0.0756. The molecular formula is C19H16F2N2O5S2. The van der Waals surface area contributed by atoms with Gasteiger partial charge in [0.2, 0.25) is 5.76 Å². The maximum absolute atomic E-state index is 12.9. The van der Waals surface area contributed by atoms with Gasteiger partial charge in [-0.1, -0.05) is 42.4 Å². The Bertz CT molecular complexity index is 1190. The largest absolute Gasteiger partial charge is 0.480 e. The predicted molar refractivity (Wildman–Crippen MR) is 104 cm³/mol. The highest BCUT2D eigenvalue weighted by molar-refractivity contribution is 7.91. The molecule has 0 spiro atoms. The SMILES string of the molecule is CC1[C@H](c2ccccc2)[C@]1(NS(=O)(=O)c1ccc(-c2cc(C(F)F)on2)s1)C(=O)O. The van der Waals surface area contributed by atoms with Gasteiger partial charge < -0.3 is 9.63 Å². The van der Waals surface area contributed by atoms with Crippen LogP contribution in [0.25, 0.3) is 10.6 Å². The number of carboxylic acid groups (broad SMARTS) is 1. The number of hydrogen-bond acceptors (Lipinski definition) is 6. The minimum Gasteiger partial charge on any atom is -0.480 e. The number of carbonyl (C=O) groups is 1. The Balaban J connectivity index is 1.62. The van der Waals surface area contributed by atoms with Crippen LogP contribution in [0.3, 0.4) is 0 Å². The van der Waals surface area contributed by atoms with Gasteiger partial charge >= 0.3 is 5.97 Å². The van der Waals surface area contributed by atoms with Gasteiger partial charge in [0.05, 0.1) is 4.88 Å². The van der Waals surface area contributed by atoms with Crippen molar-refractivity contribution < 1.29 is 31.6 Å². The predicted octanol–water partition coefficient (Wildman–Crippen LogP) is 3.88. The molecule has 1 aliphatic carbocycles. The first-order valence-electron chi connectivity index (χ1n) is 8.84. The molecule has 1 saturated carbocycles. The van der Waals surface area contributed by atoms with Crippen LogP contribution in [0.4, 0.5) is 8.78 Å². The summed E-state index contributed by atoms with van der Waals surface area (Å²) in [6, 6.07) is 12.6. The summed E-state index contributed by atoms with van der Waals surface area (Å²) in [6.07, 6.45) is -2.84. The third-order valence-corrected chi connectivity index (χ3v) is 8.34. The van der Waals surface area contributed by atoms with Crippen molar-refractivity contribution in [2.75, 3.05) is 0 Å². The summed E-state index contributed by atoms with van der Waals surface area (Å²) in [5.41, 5.74) is -0.864. The number of nitrogens with one attached hydrogen (secondary N) is 1. The first-order chi connectivity index (χ1) is 14.2. The summed E-state index contributed by atoms with van der Waals surface area (Å²) in [6.45, 7) is 1.68. The highest BCUT2D eigenvalue weighted by atomic mass is 32.2. The molecule has 0 aliphatic heterocycles. The van der Waals surface area contributed by atoms with Crippen molar-refractivity contribution >= 4 is 27.3 Å². The van der Waals surface area contributed by atoms with Gasteiger partial charge in [-0.15, -0.1) is 11.3 Å². The summed E-state index contributed by atoms with van der Waals surface area (Å²) >= 11 is 0.786. The molecule has 1 unspecified atom stereocenters. The number of aliphatic carboxylic acids is 1. The number of carboxylic acids is 1. The van der Waals surface area contributed by atoms with E-state index in [4.69, 9.17) is 0 Å². The number of thiophene rings is 1. The topological polar surface area (TPSA) is 110 Å². The summed E-state index contributed by atoms with van der Waals surface area (Å²) in [7, 11) is -4.19. The van der Waals surface area contributed by atoms with Crippen LogP contribution in [0, 0.1) is 5.92 Å². The molecule has 2 heterocycles. The normalized spacial score (nSPS) is 23.6. The zero-order chi connectivity index (χ0) is 21.7. The third-order valence-electron chi connectivity index (χ3n) is 5.26. The third kappa shape index (κ3) is 3.32. The highest BCUT2D eigenvalue weighted by Gasteiger charge is 2.70. The van der Waals surface area contributed by atoms with Crippen molar-refractivity contribution in [2.45, 2.75) is 29.0 Å². The van der Waals surface area contributed by atoms with Crippen molar-refractivity contribution in [1.82, 2.24) is 9.88 Å². The quantitative estimate of drug-likeness (QED) is 0.561. The highest BCUT2D eigenvalue weighted by Crippen LogP contribution is 2.58. The molecule has 0 amide bonds. The molecule has 1 fully saturated rings. The molecule has 2 N–H and O–H groups in total. The summed E-state index contributed by atoms with van der Waals surface area (Å²) in [5.74, 6) is -2.86. The van der Waals surface area contributed by atoms with E-state index in [1.807, 2.05) is 0 Å². The van der Waals surface area contributed by atoms with Gasteiger partial charge in [0.25, 0.3) is 16.4 Å². The van der Waals surface area contributed by atoms with Gasteiger partial charge in [-0.2, -0.15) is 4.72 Å². The number of alkyl halides is 2. The van der Waals surface area contributed by atoms with Crippen molar-refractivity contribution in [3.05, 3.63) is 59.9 Å². The Kier molecular flexibility index (Phi) is 4.99. The maximum Gasteiger partial charge on any atom is 0.325 e. The lowest BCUT2D eigenvalue weighted by Crippen LogP contribution is -2.45. The van der Waals surface area contributed by atoms with Crippen LogP contribution < -0.4 is 4.72 Å². The molecule has 0 saturated heterocycles. The van der Waals surface area contributed by atoms with E-state index in [0.29, 0.717) is 4.88 Å². The van der Waals surface area contributed by atoms with Gasteiger partial charge in [-0.3, -0.25) is 4.79 Å². The Hall–Kier alpha value is -2.63. The molecule has 11 heteroatoms. The fourth-order valence-electron chi connectivity index (χ4n) is 3.68. The fourth-order valence-corrected chi connectivity index (χ4v) is 6.40. The van der Waals surface area contributed by atoms with Crippen LogP contribution in [0.15, 0.2) is 57.3 Å². The number of halogens is 2. The average Bonchev–Trinajstić information content (AvgIpc) is 3.14. The van der Waals surface area contributed by atoms with Crippen LogP contribution in [0.5, 0.6) is 0 Å². The van der Waals surface area contributed by atoms with E-state index in [9.17, 15) is 27.1 Å². The van der Waals surface area contributed by atoms with Gasteiger partial charge in [0, 0.05) is 12.0 Å². The zero-order valence-corrected chi connectivity index (χ0v) is 17.1. The lowest BCUT2D eigenvalue weighted by Gasteiger charge is -2.15. The molecule has 4 rings (SSSR count). The van der Waals surface area contributed by atoms with Crippen LogP contribution in [-0.4, -0.2) is 30.2 Å². The zero-order valence-electron chi connectivity index (χ0n) is 15.5. The number of sulfonamides is 1. The van der Waals surface area contributed by atoms with Crippen LogP contribution in [0.1, 0.15) is 30.6 Å². The monoisotopic (exact) mass is 454 g/mol. The summed E-state index contributed by atoms with van der Waals surface area (Å²) < 4.78 is 58.0. The van der Waals surface area contributed by atoms with Crippen molar-refractivity contribution in [1.29, 1.82) is 0 Å². The maximum atomic E-state index is 12.9. The lowest BCUT2D eigenvalue weighted by molar-refractivity contribution is -0.140. The second-order valence-corrected chi connectivity index (χ2v) is 9.98. The van der Waals surface area contributed by atoms with Gasteiger partial charge in [-0.05, 0) is 23.6 Å². The van der Waals surface area contributed by atoms with Crippen molar-refractivity contribution in [3.63, 3.8) is 0 Å². The standard InChI is InChI=1S/C19H16F2N2O5S2/c1-10-16(11-5-3-2-4-6-11)19(10,18(24)25)23-30(26,27)15-8-7-14(29-15)12-9-13(17(20)21)28-22-12/h2-10,16-17,23H,1H3,(H,24,25)/t10?,16-,19+/m1/s1. The molecule has 0 radical (unpaired) electrons. The fraction of sp³-hybridized carbons (Fsp3) is 0.263. The number of rotatable bonds is 7. The van der Waals surface area contributed by atoms with Crippen molar-refractivity contribution in [2.24, 2.45) is 5.92 Å². The van der Waals surface area contributed by atoms with Gasteiger partial charge in [0.1, 0.15) is 15.4 Å². The van der Waals surface area contributed by atoms with Crippen LogP contribution in [0.2, 0.25) is 0 Å². The Morgan fingerprint density at radius 3 is 2.57 bits per heavy atom.